The highest BCUT2D eigenvalue weighted by Crippen LogP contribution is 2.48. The molecule has 2 N–H and O–H groups in total. The van der Waals surface area contributed by atoms with Crippen LogP contribution in [0, 0.1) is 6.08 Å². The van der Waals surface area contributed by atoms with Crippen molar-refractivity contribution in [1.82, 2.24) is 19.5 Å². The van der Waals surface area contributed by atoms with E-state index in [1.165, 1.54) is 6.33 Å². The van der Waals surface area contributed by atoms with Gasteiger partial charge in [0.05, 0.1) is 19.5 Å². The minimum absolute atomic E-state index is 0.0384. The molecule has 0 saturated heterocycles. The van der Waals surface area contributed by atoms with Gasteiger partial charge in [-0.3, -0.25) is 9.13 Å². The SMILES string of the molecule is CCOP(=O)(CO[C@@H]1C=C(F)[C@H](n2cnc3c(N)nc(F)nc32)O1)OCC. The number of ether oxygens (including phenoxy) is 2. The van der Waals surface area contributed by atoms with Gasteiger partial charge in [0.1, 0.15) is 0 Å². The normalized spacial score (nSPS) is 20.4. The summed E-state index contributed by atoms with van der Waals surface area (Å²) in [5, 5.41) is 0. The van der Waals surface area contributed by atoms with Crippen molar-refractivity contribution in [3.63, 3.8) is 0 Å². The molecule has 1 aliphatic heterocycles. The third-order valence-corrected chi connectivity index (χ3v) is 5.28. The van der Waals surface area contributed by atoms with E-state index in [0.717, 1.165) is 10.6 Å². The van der Waals surface area contributed by atoms with E-state index in [2.05, 4.69) is 15.0 Å². The van der Waals surface area contributed by atoms with Crippen LogP contribution >= 0.6 is 7.60 Å². The van der Waals surface area contributed by atoms with Crippen LogP contribution < -0.4 is 5.73 Å². The third-order valence-electron chi connectivity index (χ3n) is 3.52. The van der Waals surface area contributed by atoms with Gasteiger partial charge in [0.15, 0.2) is 41.7 Å². The van der Waals surface area contributed by atoms with Gasteiger partial charge in [-0.25, -0.2) is 9.37 Å². The zero-order chi connectivity index (χ0) is 19.6. The number of anilines is 1. The first-order chi connectivity index (χ1) is 12.9. The van der Waals surface area contributed by atoms with E-state index in [9.17, 15) is 13.3 Å². The summed E-state index contributed by atoms with van der Waals surface area (Å²) in [4.78, 5) is 10.9. The number of fused-ring (bicyclic) bond motifs is 1. The lowest BCUT2D eigenvalue weighted by Crippen LogP contribution is -2.17. The Hall–Kier alpha value is -1.98. The maximum Gasteiger partial charge on any atom is 0.356 e. The molecule has 1 aliphatic rings. The van der Waals surface area contributed by atoms with Gasteiger partial charge in [0, 0.05) is 6.08 Å². The van der Waals surface area contributed by atoms with Crippen molar-refractivity contribution in [2.75, 3.05) is 25.3 Å². The molecule has 0 saturated carbocycles. The zero-order valence-electron chi connectivity index (χ0n) is 14.5. The minimum Gasteiger partial charge on any atom is -0.382 e. The van der Waals surface area contributed by atoms with Crippen LogP contribution in [0.25, 0.3) is 11.2 Å². The van der Waals surface area contributed by atoms with E-state index in [-0.39, 0.29) is 30.2 Å². The quantitative estimate of drug-likeness (QED) is 0.521. The van der Waals surface area contributed by atoms with Gasteiger partial charge in [-0.2, -0.15) is 14.4 Å². The Morgan fingerprint density at radius 3 is 2.67 bits per heavy atom. The highest BCUT2D eigenvalue weighted by Gasteiger charge is 2.34. The molecule has 3 rings (SSSR count). The lowest BCUT2D eigenvalue weighted by Gasteiger charge is -2.20. The first-order valence-electron chi connectivity index (χ1n) is 8.04. The fraction of sp³-hybridized carbons (Fsp3) is 0.500. The minimum atomic E-state index is -3.48. The van der Waals surface area contributed by atoms with Crippen LogP contribution in [0.2, 0.25) is 0 Å². The predicted molar refractivity (Wildman–Crippen MR) is 89.6 cm³/mol. The zero-order valence-corrected chi connectivity index (χ0v) is 15.4. The van der Waals surface area contributed by atoms with Crippen molar-refractivity contribution in [3.8, 4) is 0 Å². The van der Waals surface area contributed by atoms with Crippen LogP contribution in [0.5, 0.6) is 0 Å². The van der Waals surface area contributed by atoms with Crippen molar-refractivity contribution in [1.29, 1.82) is 0 Å². The molecule has 3 heterocycles. The lowest BCUT2D eigenvalue weighted by molar-refractivity contribution is -0.130. The second kappa shape index (κ2) is 7.95. The van der Waals surface area contributed by atoms with Crippen LogP contribution in [-0.2, 0) is 23.1 Å². The first kappa shape index (κ1) is 19.8. The maximum absolute atomic E-state index is 14.4. The molecule has 0 fully saturated rings. The average Bonchev–Trinajstić information content (AvgIpc) is 3.17. The Morgan fingerprint density at radius 1 is 1.30 bits per heavy atom. The summed E-state index contributed by atoms with van der Waals surface area (Å²) in [5.41, 5.74) is 5.65. The van der Waals surface area contributed by atoms with Crippen molar-refractivity contribution in [3.05, 3.63) is 24.3 Å². The molecule has 2 atom stereocenters. The molecule has 2 aromatic heterocycles. The first-order valence-corrected chi connectivity index (χ1v) is 9.77. The monoisotopic (exact) mass is 405 g/mol. The predicted octanol–water partition coefficient (Wildman–Crippen LogP) is 2.50. The van der Waals surface area contributed by atoms with Gasteiger partial charge in [-0.05, 0) is 13.8 Å². The molecule has 13 heteroatoms. The van der Waals surface area contributed by atoms with E-state index in [4.69, 9.17) is 24.3 Å². The van der Waals surface area contributed by atoms with Crippen molar-refractivity contribution in [2.24, 2.45) is 0 Å². The van der Waals surface area contributed by atoms with Crippen LogP contribution in [0.15, 0.2) is 18.2 Å². The standard InChI is InChI=1S/C14H18F2N5O5P/c1-3-24-27(22,25-4-2)7-23-9-5-8(15)13(26-9)21-6-18-10-11(17)19-14(16)20-12(10)21/h5-6,9,13H,3-4,7H2,1-2H3,(H2,17,19,20)/t9-,13+/m0/s1. The van der Waals surface area contributed by atoms with Crippen LogP contribution in [0.1, 0.15) is 20.1 Å². The second-order valence-corrected chi connectivity index (χ2v) is 7.35. The molecule has 0 aromatic carbocycles. The number of halogens is 2. The molecule has 10 nitrogen and oxygen atoms in total. The summed E-state index contributed by atoms with van der Waals surface area (Å²) >= 11 is 0. The summed E-state index contributed by atoms with van der Waals surface area (Å²) < 4.78 is 62.3. The number of aromatic nitrogens is 4. The Labute approximate surface area is 152 Å². The largest absolute Gasteiger partial charge is 0.382 e. The highest BCUT2D eigenvalue weighted by molar-refractivity contribution is 7.53. The average molecular weight is 405 g/mol. The van der Waals surface area contributed by atoms with Crippen molar-refractivity contribution >= 4 is 24.6 Å². The number of hydrogen-bond acceptors (Lipinski definition) is 9. The fourth-order valence-corrected chi connectivity index (χ4v) is 3.82. The van der Waals surface area contributed by atoms with E-state index in [0.29, 0.717) is 0 Å². The third kappa shape index (κ3) is 4.14. The summed E-state index contributed by atoms with van der Waals surface area (Å²) in [6, 6.07) is 0. The van der Waals surface area contributed by atoms with Crippen LogP contribution in [0.3, 0.4) is 0 Å². The molecular weight excluding hydrogens is 387 g/mol. The summed E-state index contributed by atoms with van der Waals surface area (Å²) in [7, 11) is -3.48. The number of rotatable bonds is 8. The molecule has 27 heavy (non-hydrogen) atoms. The van der Waals surface area contributed by atoms with Gasteiger partial charge in [0.2, 0.25) is 0 Å². The Morgan fingerprint density at radius 2 is 2.00 bits per heavy atom. The van der Waals surface area contributed by atoms with E-state index in [1.54, 1.807) is 13.8 Å². The van der Waals surface area contributed by atoms with Gasteiger partial charge in [-0.1, -0.05) is 0 Å². The Kier molecular flexibility index (Phi) is 5.82. The molecule has 148 valence electrons. The van der Waals surface area contributed by atoms with E-state index < -0.39 is 38.4 Å². The molecule has 0 radical (unpaired) electrons. The molecule has 0 unspecified atom stereocenters. The number of imidazole rings is 1. The Balaban J connectivity index is 1.75. The van der Waals surface area contributed by atoms with Gasteiger partial charge >= 0.3 is 13.7 Å². The fourth-order valence-electron chi connectivity index (χ4n) is 2.48. The topological polar surface area (TPSA) is 124 Å². The smallest absolute Gasteiger partial charge is 0.356 e. The highest BCUT2D eigenvalue weighted by atomic mass is 31.2. The number of nitrogens with two attached hydrogens (primary N) is 1. The second-order valence-electron chi connectivity index (χ2n) is 5.35. The summed E-state index contributed by atoms with van der Waals surface area (Å²) in [6.07, 6.45) is -1.73. The lowest BCUT2D eigenvalue weighted by atomic mass is 10.4. The molecule has 2 aromatic rings. The molecule has 0 amide bonds. The number of hydrogen-bond donors (Lipinski definition) is 1. The van der Waals surface area contributed by atoms with Crippen LogP contribution in [0.4, 0.5) is 14.6 Å². The molecular formula is C14H18F2N5O5P. The van der Waals surface area contributed by atoms with Crippen molar-refractivity contribution < 1.29 is 31.9 Å². The van der Waals surface area contributed by atoms with E-state index >= 15 is 0 Å². The van der Waals surface area contributed by atoms with Gasteiger partial charge < -0.3 is 24.3 Å². The molecule has 0 spiro atoms. The van der Waals surface area contributed by atoms with Gasteiger partial charge in [-0.15, -0.1) is 0 Å². The maximum atomic E-state index is 14.4. The number of nitrogen functional groups attached to an aromatic ring is 1. The van der Waals surface area contributed by atoms with Crippen molar-refractivity contribution in [2.45, 2.75) is 26.4 Å². The summed E-state index contributed by atoms with van der Waals surface area (Å²) in [5.74, 6) is -0.902. The number of nitrogens with zero attached hydrogens (tertiary/aromatic N) is 4. The summed E-state index contributed by atoms with van der Waals surface area (Å²) in [6.45, 7) is 3.63. The van der Waals surface area contributed by atoms with E-state index in [1.807, 2.05) is 0 Å². The van der Waals surface area contributed by atoms with Crippen LogP contribution in [-0.4, -0.2) is 45.4 Å². The molecule has 0 aliphatic carbocycles. The molecule has 0 bridgehead atoms. The Bertz CT molecular complexity index is 897. The van der Waals surface area contributed by atoms with Gasteiger partial charge in [0.25, 0.3) is 0 Å².